The number of carbonyl (C=O) groups is 1. The molecule has 186 valence electrons. The molecular formula is C28H33ClN2O4. The molecule has 3 aromatic rings. The minimum absolute atomic E-state index is 0.149. The number of nitrogens with one attached hydrogen (secondary N) is 2. The Balaban J connectivity index is 1.67. The van der Waals surface area contributed by atoms with Crippen LogP contribution in [0.2, 0.25) is 0 Å². The maximum Gasteiger partial charge on any atom is 0.404 e. The van der Waals surface area contributed by atoms with Crippen molar-refractivity contribution in [3.05, 3.63) is 89.0 Å². The Morgan fingerprint density at radius 2 is 1.77 bits per heavy atom. The maximum atomic E-state index is 10.7. The summed E-state index contributed by atoms with van der Waals surface area (Å²) < 4.78 is 6.05. The predicted octanol–water partition coefficient (Wildman–Crippen LogP) is 6.65. The number of phenols is 1. The lowest BCUT2D eigenvalue weighted by atomic mass is 9.99. The zero-order chi connectivity index (χ0) is 25.4. The standard InChI is InChI=1S/C28H33ClN2O4/c1-19(31-27(33)34)9-10-20-11-12-25(26(32)15-20)30-17-22-13-23(28(2,3)29)16-24(14-22)35-18-21-7-5-4-6-8-21/h4-8,11-16,19,30-32H,9-10,17-18H2,1-3H3,(H,33,34). The van der Waals surface area contributed by atoms with Gasteiger partial charge in [0.05, 0.1) is 10.6 Å². The van der Waals surface area contributed by atoms with Crippen molar-refractivity contribution in [1.29, 1.82) is 0 Å². The van der Waals surface area contributed by atoms with Crippen LogP contribution in [-0.2, 0) is 24.4 Å². The van der Waals surface area contributed by atoms with E-state index in [9.17, 15) is 9.90 Å². The number of carboxylic acid groups (broad SMARTS) is 1. The van der Waals surface area contributed by atoms with Gasteiger partial charge in [0, 0.05) is 12.6 Å². The third-order valence-electron chi connectivity index (χ3n) is 5.68. The second kappa shape index (κ2) is 11.8. The van der Waals surface area contributed by atoms with E-state index in [1.165, 1.54) is 0 Å². The summed E-state index contributed by atoms with van der Waals surface area (Å²) in [5.41, 5.74) is 4.57. The zero-order valence-corrected chi connectivity index (χ0v) is 21.1. The van der Waals surface area contributed by atoms with E-state index in [-0.39, 0.29) is 11.8 Å². The SMILES string of the molecule is CC(CCc1ccc(NCc2cc(OCc3ccccc3)cc(C(C)(C)Cl)c2)c(O)c1)NC(=O)O. The number of alkyl halides is 1. The molecule has 7 heteroatoms. The highest BCUT2D eigenvalue weighted by atomic mass is 35.5. The highest BCUT2D eigenvalue weighted by Gasteiger charge is 2.18. The number of aromatic hydroxyl groups is 1. The van der Waals surface area contributed by atoms with Crippen molar-refractivity contribution in [3.8, 4) is 11.5 Å². The quantitative estimate of drug-likeness (QED) is 0.176. The number of rotatable bonds is 11. The summed E-state index contributed by atoms with van der Waals surface area (Å²) in [5, 5.41) is 25.0. The van der Waals surface area contributed by atoms with Gasteiger partial charge in [0.15, 0.2) is 0 Å². The molecule has 1 unspecified atom stereocenters. The highest BCUT2D eigenvalue weighted by Crippen LogP contribution is 2.32. The van der Waals surface area contributed by atoms with Crippen LogP contribution in [0.25, 0.3) is 0 Å². The largest absolute Gasteiger partial charge is 0.506 e. The van der Waals surface area contributed by atoms with Gasteiger partial charge in [-0.1, -0.05) is 42.5 Å². The van der Waals surface area contributed by atoms with Gasteiger partial charge in [0.1, 0.15) is 18.1 Å². The van der Waals surface area contributed by atoms with E-state index in [1.807, 2.05) is 81.4 Å². The molecule has 6 nitrogen and oxygen atoms in total. The molecule has 1 amide bonds. The fourth-order valence-electron chi connectivity index (χ4n) is 3.68. The molecule has 1 atom stereocenters. The molecule has 0 spiro atoms. The third-order valence-corrected chi connectivity index (χ3v) is 5.90. The molecule has 0 bridgehead atoms. The lowest BCUT2D eigenvalue weighted by molar-refractivity contribution is 0.190. The number of amides is 1. The van der Waals surface area contributed by atoms with Crippen LogP contribution in [0, 0.1) is 0 Å². The number of anilines is 1. The summed E-state index contributed by atoms with van der Waals surface area (Å²) in [4.78, 5) is 10.2. The van der Waals surface area contributed by atoms with Crippen LogP contribution in [0.1, 0.15) is 49.4 Å². The molecule has 0 radical (unpaired) electrons. The zero-order valence-electron chi connectivity index (χ0n) is 20.3. The van der Waals surface area contributed by atoms with Gasteiger partial charge in [-0.3, -0.25) is 0 Å². The van der Waals surface area contributed by atoms with E-state index in [0.717, 1.165) is 28.0 Å². The average molecular weight is 497 g/mol. The number of benzene rings is 3. The molecule has 0 aliphatic carbocycles. The van der Waals surface area contributed by atoms with Gasteiger partial charge < -0.3 is 25.6 Å². The van der Waals surface area contributed by atoms with Crippen LogP contribution in [0.5, 0.6) is 11.5 Å². The molecule has 3 rings (SSSR count). The van der Waals surface area contributed by atoms with E-state index >= 15 is 0 Å². The third kappa shape index (κ3) is 8.41. The van der Waals surface area contributed by atoms with Crippen molar-refractivity contribution in [3.63, 3.8) is 0 Å². The Kier molecular flexibility index (Phi) is 8.88. The highest BCUT2D eigenvalue weighted by molar-refractivity contribution is 6.23. The van der Waals surface area contributed by atoms with Gasteiger partial charge in [0.25, 0.3) is 0 Å². The van der Waals surface area contributed by atoms with Crippen LogP contribution in [0.3, 0.4) is 0 Å². The van der Waals surface area contributed by atoms with E-state index < -0.39 is 11.0 Å². The molecule has 0 aromatic heterocycles. The summed E-state index contributed by atoms with van der Waals surface area (Å²) in [5.74, 6) is 0.885. The van der Waals surface area contributed by atoms with Crippen molar-refractivity contribution in [2.45, 2.75) is 57.7 Å². The van der Waals surface area contributed by atoms with Crippen molar-refractivity contribution in [1.82, 2.24) is 5.32 Å². The number of hydrogen-bond acceptors (Lipinski definition) is 4. The Hall–Kier alpha value is -3.38. The number of aryl methyl sites for hydroxylation is 1. The minimum Gasteiger partial charge on any atom is -0.506 e. The van der Waals surface area contributed by atoms with Gasteiger partial charge in [-0.15, -0.1) is 11.6 Å². The number of hydrogen-bond donors (Lipinski definition) is 4. The summed E-state index contributed by atoms with van der Waals surface area (Å²) in [6.07, 6.45) is 0.269. The second-order valence-corrected chi connectivity index (χ2v) is 10.2. The van der Waals surface area contributed by atoms with Crippen LogP contribution >= 0.6 is 11.6 Å². The fourth-order valence-corrected chi connectivity index (χ4v) is 3.78. The summed E-state index contributed by atoms with van der Waals surface area (Å²) in [6.45, 7) is 6.65. The number of phenolic OH excluding ortho intramolecular Hbond substituents is 1. The smallest absolute Gasteiger partial charge is 0.404 e. The Morgan fingerprint density at radius 3 is 2.43 bits per heavy atom. The molecule has 0 saturated carbocycles. The van der Waals surface area contributed by atoms with Crippen LogP contribution in [0.15, 0.2) is 66.7 Å². The van der Waals surface area contributed by atoms with Gasteiger partial charge in [-0.05, 0) is 80.1 Å². The number of ether oxygens (including phenoxy) is 1. The topological polar surface area (TPSA) is 90.8 Å². The first-order valence-electron chi connectivity index (χ1n) is 11.7. The summed E-state index contributed by atoms with van der Waals surface area (Å²) in [6, 6.07) is 21.3. The Bertz CT molecular complexity index is 1130. The Morgan fingerprint density at radius 1 is 1.03 bits per heavy atom. The first kappa shape index (κ1) is 26.2. The van der Waals surface area contributed by atoms with E-state index in [1.54, 1.807) is 6.07 Å². The average Bonchev–Trinajstić information content (AvgIpc) is 2.80. The molecule has 0 aliphatic rings. The maximum absolute atomic E-state index is 10.7. The van der Waals surface area contributed by atoms with E-state index in [0.29, 0.717) is 31.7 Å². The molecule has 0 heterocycles. The Labute approximate surface area is 211 Å². The van der Waals surface area contributed by atoms with Crippen molar-refractivity contribution < 1.29 is 19.7 Å². The molecule has 0 fully saturated rings. The van der Waals surface area contributed by atoms with Gasteiger partial charge >= 0.3 is 6.09 Å². The number of halogens is 1. The fraction of sp³-hybridized carbons (Fsp3) is 0.321. The lowest BCUT2D eigenvalue weighted by Gasteiger charge is -2.20. The van der Waals surface area contributed by atoms with Gasteiger partial charge in [-0.2, -0.15) is 0 Å². The van der Waals surface area contributed by atoms with Gasteiger partial charge in [0.2, 0.25) is 0 Å². The predicted molar refractivity (Wildman–Crippen MR) is 140 cm³/mol. The normalized spacial score (nSPS) is 12.1. The van der Waals surface area contributed by atoms with Crippen molar-refractivity contribution in [2.75, 3.05) is 5.32 Å². The van der Waals surface area contributed by atoms with E-state index in [4.69, 9.17) is 21.4 Å². The van der Waals surface area contributed by atoms with Crippen LogP contribution in [0.4, 0.5) is 10.5 Å². The van der Waals surface area contributed by atoms with Crippen LogP contribution in [-0.4, -0.2) is 22.3 Å². The molecule has 35 heavy (non-hydrogen) atoms. The van der Waals surface area contributed by atoms with E-state index in [2.05, 4.69) is 10.6 Å². The molecular weight excluding hydrogens is 464 g/mol. The first-order chi connectivity index (χ1) is 16.6. The van der Waals surface area contributed by atoms with Gasteiger partial charge in [-0.25, -0.2) is 4.79 Å². The molecule has 0 saturated heterocycles. The van der Waals surface area contributed by atoms with Crippen molar-refractivity contribution in [2.24, 2.45) is 0 Å². The molecule has 3 aromatic carbocycles. The second-order valence-electron chi connectivity index (χ2n) is 9.21. The lowest BCUT2D eigenvalue weighted by Crippen LogP contribution is -2.31. The summed E-state index contributed by atoms with van der Waals surface area (Å²) in [7, 11) is 0. The van der Waals surface area contributed by atoms with Crippen LogP contribution < -0.4 is 15.4 Å². The molecule has 0 aliphatic heterocycles. The molecule has 4 N–H and O–H groups in total. The summed E-state index contributed by atoms with van der Waals surface area (Å²) >= 11 is 6.61. The first-order valence-corrected chi connectivity index (χ1v) is 12.0. The monoisotopic (exact) mass is 496 g/mol. The van der Waals surface area contributed by atoms with Crippen molar-refractivity contribution >= 4 is 23.4 Å². The minimum atomic E-state index is -1.03.